The molecule has 3 heterocycles. The van der Waals surface area contributed by atoms with Crippen molar-refractivity contribution in [2.24, 2.45) is 0 Å². The van der Waals surface area contributed by atoms with Crippen LogP contribution in [0.15, 0.2) is 35.2 Å². The average molecular weight is 404 g/mol. The predicted molar refractivity (Wildman–Crippen MR) is 100 cm³/mol. The van der Waals surface area contributed by atoms with E-state index >= 15 is 0 Å². The molecular weight excluding hydrogens is 385 g/mol. The van der Waals surface area contributed by atoms with Crippen molar-refractivity contribution in [2.75, 3.05) is 18.4 Å². The van der Waals surface area contributed by atoms with Gasteiger partial charge in [-0.15, -0.1) is 0 Å². The molecule has 3 aromatic rings. The van der Waals surface area contributed by atoms with E-state index in [1.54, 1.807) is 0 Å². The summed E-state index contributed by atoms with van der Waals surface area (Å²) in [4.78, 5) is 14.4. The summed E-state index contributed by atoms with van der Waals surface area (Å²) in [5.41, 5.74) is 2.60. The Morgan fingerprint density at radius 1 is 1.16 bits per heavy atom. The van der Waals surface area contributed by atoms with Crippen molar-refractivity contribution in [3.8, 4) is 0 Å². The van der Waals surface area contributed by atoms with Gasteiger partial charge in [0.1, 0.15) is 23.6 Å². The summed E-state index contributed by atoms with van der Waals surface area (Å²) >= 11 is 3.32. The van der Waals surface area contributed by atoms with E-state index in [0.29, 0.717) is 16.0 Å². The van der Waals surface area contributed by atoms with Crippen LogP contribution in [-0.4, -0.2) is 32.9 Å². The minimum atomic E-state index is -0.301. The van der Waals surface area contributed by atoms with Crippen LogP contribution in [0.2, 0.25) is 0 Å². The van der Waals surface area contributed by atoms with E-state index in [2.05, 4.69) is 41.1 Å². The van der Waals surface area contributed by atoms with Gasteiger partial charge in [-0.2, -0.15) is 0 Å². The number of rotatable bonds is 4. The summed E-state index contributed by atoms with van der Waals surface area (Å²) < 4.78 is 14.3. The highest BCUT2D eigenvalue weighted by Gasteiger charge is 2.16. The summed E-state index contributed by atoms with van der Waals surface area (Å²) in [5.74, 6) is 0.389. The number of likely N-dealkylation sites (tertiary alicyclic amines) is 1. The SMILES string of the molecule is Fc1cc(Br)cc(Nc2ncnc3[nH]cc(CN4CCCCC4)c23)c1. The molecule has 25 heavy (non-hydrogen) atoms. The molecular formula is C18H19BrFN5. The molecule has 0 saturated carbocycles. The number of hydrogen-bond donors (Lipinski definition) is 2. The van der Waals surface area contributed by atoms with Gasteiger partial charge in [-0.25, -0.2) is 14.4 Å². The normalized spacial score (nSPS) is 15.6. The number of aromatic nitrogens is 3. The minimum Gasteiger partial charge on any atom is -0.346 e. The molecule has 2 N–H and O–H groups in total. The molecule has 1 saturated heterocycles. The largest absolute Gasteiger partial charge is 0.346 e. The molecule has 0 radical (unpaired) electrons. The lowest BCUT2D eigenvalue weighted by molar-refractivity contribution is 0.221. The number of benzene rings is 1. The average Bonchev–Trinajstić information content (AvgIpc) is 2.99. The van der Waals surface area contributed by atoms with E-state index in [-0.39, 0.29) is 5.82 Å². The molecule has 130 valence electrons. The molecule has 0 bridgehead atoms. The molecule has 1 fully saturated rings. The first kappa shape index (κ1) is 16.5. The van der Waals surface area contributed by atoms with E-state index < -0.39 is 0 Å². The number of nitrogens with zero attached hydrogens (tertiary/aromatic N) is 3. The zero-order valence-electron chi connectivity index (χ0n) is 13.7. The Hall–Kier alpha value is -1.99. The summed E-state index contributed by atoms with van der Waals surface area (Å²) in [7, 11) is 0. The number of halogens is 2. The smallest absolute Gasteiger partial charge is 0.143 e. The second-order valence-corrected chi connectivity index (χ2v) is 7.30. The highest BCUT2D eigenvalue weighted by atomic mass is 79.9. The lowest BCUT2D eigenvalue weighted by Crippen LogP contribution is -2.29. The Labute approximate surface area is 153 Å². The molecule has 0 amide bonds. The van der Waals surface area contributed by atoms with Crippen LogP contribution in [0.3, 0.4) is 0 Å². The van der Waals surface area contributed by atoms with Gasteiger partial charge in [-0.1, -0.05) is 22.4 Å². The number of nitrogens with one attached hydrogen (secondary N) is 2. The first-order chi connectivity index (χ1) is 12.2. The maximum atomic E-state index is 13.7. The Morgan fingerprint density at radius 3 is 2.80 bits per heavy atom. The number of aromatic amines is 1. The highest BCUT2D eigenvalue weighted by molar-refractivity contribution is 9.10. The van der Waals surface area contributed by atoms with Crippen molar-refractivity contribution in [1.82, 2.24) is 19.9 Å². The van der Waals surface area contributed by atoms with Gasteiger partial charge >= 0.3 is 0 Å². The summed E-state index contributed by atoms with van der Waals surface area (Å²) in [6.07, 6.45) is 7.33. The summed E-state index contributed by atoms with van der Waals surface area (Å²) in [5, 5.41) is 4.20. The molecule has 0 aliphatic carbocycles. The van der Waals surface area contributed by atoms with E-state index in [9.17, 15) is 4.39 Å². The van der Waals surface area contributed by atoms with Gasteiger partial charge in [0.2, 0.25) is 0 Å². The third-order valence-electron chi connectivity index (χ3n) is 4.52. The maximum Gasteiger partial charge on any atom is 0.143 e. The van der Waals surface area contributed by atoms with Crippen LogP contribution in [0.1, 0.15) is 24.8 Å². The monoisotopic (exact) mass is 403 g/mol. The molecule has 4 rings (SSSR count). The van der Waals surface area contributed by atoms with Crippen LogP contribution in [0, 0.1) is 5.82 Å². The summed E-state index contributed by atoms with van der Waals surface area (Å²) in [6.45, 7) is 3.12. The number of anilines is 2. The zero-order chi connectivity index (χ0) is 17.2. The second kappa shape index (κ2) is 7.09. The van der Waals surface area contributed by atoms with Gasteiger partial charge in [0.25, 0.3) is 0 Å². The number of piperidine rings is 1. The quantitative estimate of drug-likeness (QED) is 0.668. The van der Waals surface area contributed by atoms with Gasteiger partial charge in [0, 0.05) is 22.9 Å². The first-order valence-electron chi connectivity index (χ1n) is 8.45. The van der Waals surface area contributed by atoms with Crippen LogP contribution in [0.4, 0.5) is 15.9 Å². The van der Waals surface area contributed by atoms with Crippen LogP contribution < -0.4 is 5.32 Å². The minimum absolute atomic E-state index is 0.301. The lowest BCUT2D eigenvalue weighted by Gasteiger charge is -2.26. The second-order valence-electron chi connectivity index (χ2n) is 6.38. The van der Waals surface area contributed by atoms with Gasteiger partial charge in [-0.3, -0.25) is 4.90 Å². The molecule has 1 aromatic carbocycles. The molecule has 5 nitrogen and oxygen atoms in total. The third-order valence-corrected chi connectivity index (χ3v) is 4.98. The first-order valence-corrected chi connectivity index (χ1v) is 9.25. The van der Waals surface area contributed by atoms with E-state index in [4.69, 9.17) is 0 Å². The lowest BCUT2D eigenvalue weighted by atomic mass is 10.1. The van der Waals surface area contributed by atoms with Gasteiger partial charge in [0.05, 0.1) is 5.39 Å². The fraction of sp³-hybridized carbons (Fsp3) is 0.333. The van der Waals surface area contributed by atoms with Gasteiger partial charge in [0.15, 0.2) is 0 Å². The number of fused-ring (bicyclic) bond motifs is 1. The zero-order valence-corrected chi connectivity index (χ0v) is 15.3. The fourth-order valence-electron chi connectivity index (χ4n) is 3.37. The summed E-state index contributed by atoms with van der Waals surface area (Å²) in [6, 6.07) is 4.71. The molecule has 1 aliphatic rings. The van der Waals surface area contributed by atoms with Gasteiger partial charge in [-0.05, 0) is 49.7 Å². The van der Waals surface area contributed by atoms with Crippen LogP contribution in [-0.2, 0) is 6.54 Å². The van der Waals surface area contributed by atoms with Crippen LogP contribution in [0.25, 0.3) is 11.0 Å². The third kappa shape index (κ3) is 3.67. The standard InChI is InChI=1S/C18H19BrFN5/c19-13-6-14(20)8-15(7-13)24-18-16-12(9-21-17(16)22-11-23-18)10-25-4-2-1-3-5-25/h6-9,11H,1-5,10H2,(H2,21,22,23,24). The predicted octanol–water partition coefficient (Wildman–Crippen LogP) is 4.59. The Kier molecular flexibility index (Phi) is 4.67. The van der Waals surface area contributed by atoms with Crippen molar-refractivity contribution >= 4 is 38.5 Å². The van der Waals surface area contributed by atoms with Crippen LogP contribution >= 0.6 is 15.9 Å². The van der Waals surface area contributed by atoms with E-state index in [1.807, 2.05) is 12.3 Å². The number of H-pyrrole nitrogens is 1. The van der Waals surface area contributed by atoms with E-state index in [0.717, 1.165) is 36.2 Å². The van der Waals surface area contributed by atoms with Crippen molar-refractivity contribution < 1.29 is 4.39 Å². The van der Waals surface area contributed by atoms with Gasteiger partial charge < -0.3 is 10.3 Å². The molecule has 0 unspecified atom stereocenters. The number of hydrogen-bond acceptors (Lipinski definition) is 4. The molecule has 0 spiro atoms. The molecule has 2 aromatic heterocycles. The highest BCUT2D eigenvalue weighted by Crippen LogP contribution is 2.29. The Bertz CT molecular complexity index is 868. The maximum absolute atomic E-state index is 13.7. The van der Waals surface area contributed by atoms with Crippen molar-refractivity contribution in [3.05, 3.63) is 46.6 Å². The van der Waals surface area contributed by atoms with Crippen molar-refractivity contribution in [3.63, 3.8) is 0 Å². The molecule has 1 aliphatic heterocycles. The topological polar surface area (TPSA) is 56.8 Å². The Morgan fingerprint density at radius 2 is 2.00 bits per heavy atom. The van der Waals surface area contributed by atoms with Crippen LogP contribution in [0.5, 0.6) is 0 Å². The van der Waals surface area contributed by atoms with Crippen molar-refractivity contribution in [1.29, 1.82) is 0 Å². The fourth-order valence-corrected chi connectivity index (χ4v) is 3.83. The van der Waals surface area contributed by atoms with E-state index in [1.165, 1.54) is 37.7 Å². The molecule has 7 heteroatoms. The van der Waals surface area contributed by atoms with Crippen molar-refractivity contribution in [2.45, 2.75) is 25.8 Å². The molecule has 0 atom stereocenters. The Balaban J connectivity index is 1.67.